The molecule has 7 heteroatoms. The van der Waals surface area contributed by atoms with Crippen LogP contribution in [0.15, 0.2) is 41.5 Å². The fraction of sp³-hybridized carbons (Fsp3) is 0.267. The number of amides is 1. The number of imidazole rings is 1. The second-order valence-electron chi connectivity index (χ2n) is 5.09. The number of benzene rings is 1. The van der Waals surface area contributed by atoms with Gasteiger partial charge in [0, 0.05) is 18.9 Å². The molecule has 114 valence electrons. The minimum Gasteiger partial charge on any atom is -0.350 e. The van der Waals surface area contributed by atoms with Gasteiger partial charge in [0.1, 0.15) is 6.04 Å². The Morgan fingerprint density at radius 1 is 1.36 bits per heavy atom. The van der Waals surface area contributed by atoms with Gasteiger partial charge in [-0.1, -0.05) is 13.0 Å². The molecular formula is C15H17N5O2. The first-order valence-electron chi connectivity index (χ1n) is 7.15. The van der Waals surface area contributed by atoms with Crippen LogP contribution in [-0.4, -0.2) is 25.7 Å². The molecule has 0 aliphatic carbocycles. The molecule has 0 bridgehead atoms. The smallest absolute Gasteiger partial charge is 0.323 e. The largest absolute Gasteiger partial charge is 0.350 e. The lowest BCUT2D eigenvalue weighted by molar-refractivity contribution is -0.124. The number of carbonyl (C=O) groups excluding carboxylic acids is 1. The highest BCUT2D eigenvalue weighted by Gasteiger charge is 2.18. The van der Waals surface area contributed by atoms with Crippen molar-refractivity contribution < 1.29 is 4.79 Å². The minimum absolute atomic E-state index is 0.0751. The number of nitrogens with zero attached hydrogens (tertiary/aromatic N) is 2. The summed E-state index contributed by atoms with van der Waals surface area (Å²) in [7, 11) is 0. The molecule has 0 aliphatic heterocycles. The predicted molar refractivity (Wildman–Crippen MR) is 82.3 cm³/mol. The highest BCUT2D eigenvalue weighted by atomic mass is 16.2. The Bertz CT molecular complexity index is 831. The SMILES string of the molecule is CC[C@@H](C(=O)NCc1ccc2[nH]c(=O)[nH]c2c1)n1cccn1. The molecule has 7 nitrogen and oxygen atoms in total. The van der Waals surface area contributed by atoms with E-state index in [0.29, 0.717) is 13.0 Å². The van der Waals surface area contributed by atoms with Gasteiger partial charge in [0.05, 0.1) is 11.0 Å². The number of carbonyl (C=O) groups is 1. The number of hydrogen-bond acceptors (Lipinski definition) is 3. The molecule has 2 heterocycles. The van der Waals surface area contributed by atoms with Crippen molar-refractivity contribution in [2.24, 2.45) is 0 Å². The number of hydrogen-bond donors (Lipinski definition) is 3. The van der Waals surface area contributed by atoms with E-state index in [0.717, 1.165) is 16.6 Å². The summed E-state index contributed by atoms with van der Waals surface area (Å²) in [6, 6.07) is 7.03. The normalized spacial score (nSPS) is 12.4. The molecule has 0 spiro atoms. The minimum atomic E-state index is -0.314. The third-order valence-electron chi connectivity index (χ3n) is 3.58. The molecule has 22 heavy (non-hydrogen) atoms. The van der Waals surface area contributed by atoms with Crippen molar-refractivity contribution in [2.75, 3.05) is 0 Å². The maximum Gasteiger partial charge on any atom is 0.323 e. The van der Waals surface area contributed by atoms with Crippen LogP contribution in [0.25, 0.3) is 11.0 Å². The lowest BCUT2D eigenvalue weighted by Crippen LogP contribution is -2.32. The van der Waals surface area contributed by atoms with Crippen LogP contribution >= 0.6 is 0 Å². The van der Waals surface area contributed by atoms with Crippen molar-refractivity contribution in [1.29, 1.82) is 0 Å². The number of aromatic nitrogens is 4. The van der Waals surface area contributed by atoms with Gasteiger partial charge in [0.25, 0.3) is 0 Å². The highest BCUT2D eigenvalue weighted by Crippen LogP contribution is 2.12. The van der Waals surface area contributed by atoms with Gasteiger partial charge in [-0.2, -0.15) is 5.10 Å². The highest BCUT2D eigenvalue weighted by molar-refractivity contribution is 5.80. The average molecular weight is 299 g/mol. The van der Waals surface area contributed by atoms with Gasteiger partial charge in [-0.15, -0.1) is 0 Å². The lowest BCUT2D eigenvalue weighted by Gasteiger charge is -2.15. The lowest BCUT2D eigenvalue weighted by atomic mass is 10.1. The Labute approximate surface area is 126 Å². The van der Waals surface area contributed by atoms with Crippen molar-refractivity contribution in [3.05, 3.63) is 52.7 Å². The van der Waals surface area contributed by atoms with Crippen molar-refractivity contribution in [3.63, 3.8) is 0 Å². The van der Waals surface area contributed by atoms with E-state index in [1.807, 2.05) is 25.1 Å². The van der Waals surface area contributed by atoms with Crippen LogP contribution in [0.4, 0.5) is 0 Å². The molecule has 0 fully saturated rings. The molecule has 1 amide bonds. The zero-order valence-electron chi connectivity index (χ0n) is 12.2. The Morgan fingerprint density at radius 2 is 2.18 bits per heavy atom. The third kappa shape index (κ3) is 2.78. The molecule has 3 aromatic rings. The monoisotopic (exact) mass is 299 g/mol. The molecule has 0 aliphatic rings. The molecule has 0 saturated carbocycles. The summed E-state index contributed by atoms with van der Waals surface area (Å²) in [5.41, 5.74) is 2.17. The van der Waals surface area contributed by atoms with Crippen molar-refractivity contribution in [3.8, 4) is 0 Å². The third-order valence-corrected chi connectivity index (χ3v) is 3.58. The van der Waals surface area contributed by atoms with Gasteiger partial charge in [-0.3, -0.25) is 9.48 Å². The molecule has 2 aromatic heterocycles. The first-order valence-corrected chi connectivity index (χ1v) is 7.15. The summed E-state index contributed by atoms with van der Waals surface area (Å²) in [5, 5.41) is 7.03. The Kier molecular flexibility index (Phi) is 3.78. The summed E-state index contributed by atoms with van der Waals surface area (Å²) < 4.78 is 1.65. The van der Waals surface area contributed by atoms with E-state index in [9.17, 15) is 9.59 Å². The summed E-state index contributed by atoms with van der Waals surface area (Å²) in [6.07, 6.45) is 4.11. The maximum absolute atomic E-state index is 12.3. The second kappa shape index (κ2) is 5.88. The molecule has 1 atom stereocenters. The van der Waals surface area contributed by atoms with E-state index >= 15 is 0 Å². The van der Waals surface area contributed by atoms with E-state index in [2.05, 4.69) is 20.4 Å². The molecule has 0 radical (unpaired) electrons. The Morgan fingerprint density at radius 3 is 2.91 bits per heavy atom. The quantitative estimate of drug-likeness (QED) is 0.663. The molecule has 0 unspecified atom stereocenters. The average Bonchev–Trinajstić information content (AvgIpc) is 3.14. The standard InChI is InChI=1S/C15H17N5O2/c1-2-13(20-7-3-6-17-20)14(21)16-9-10-4-5-11-12(8-10)19-15(22)18-11/h3-8,13H,2,9H2,1H3,(H,16,21)(H2,18,19,22)/t13-/m0/s1. The van der Waals surface area contributed by atoms with E-state index < -0.39 is 0 Å². The van der Waals surface area contributed by atoms with E-state index in [1.54, 1.807) is 23.1 Å². The van der Waals surface area contributed by atoms with E-state index in [-0.39, 0.29) is 17.6 Å². The number of aromatic amines is 2. The first-order chi connectivity index (χ1) is 10.7. The molecule has 0 saturated heterocycles. The van der Waals surface area contributed by atoms with Crippen molar-refractivity contribution in [1.82, 2.24) is 25.1 Å². The van der Waals surface area contributed by atoms with Gasteiger partial charge in [-0.25, -0.2) is 4.79 Å². The fourth-order valence-corrected chi connectivity index (χ4v) is 2.45. The van der Waals surface area contributed by atoms with E-state index in [1.165, 1.54) is 0 Å². The summed E-state index contributed by atoms with van der Waals surface area (Å²) in [6.45, 7) is 2.35. The van der Waals surface area contributed by atoms with Crippen molar-refractivity contribution >= 4 is 16.9 Å². The summed E-state index contributed by atoms with van der Waals surface area (Å²) in [4.78, 5) is 28.9. The van der Waals surface area contributed by atoms with Gasteiger partial charge < -0.3 is 15.3 Å². The van der Waals surface area contributed by atoms with Crippen LogP contribution in [0.1, 0.15) is 24.9 Å². The second-order valence-corrected chi connectivity index (χ2v) is 5.09. The van der Waals surface area contributed by atoms with Crippen LogP contribution in [0.3, 0.4) is 0 Å². The first kappa shape index (κ1) is 14.1. The van der Waals surface area contributed by atoms with Crippen LogP contribution < -0.4 is 11.0 Å². The molecule has 3 N–H and O–H groups in total. The van der Waals surface area contributed by atoms with Gasteiger partial charge in [0.15, 0.2) is 0 Å². The number of rotatable bonds is 5. The molecule has 3 rings (SSSR count). The van der Waals surface area contributed by atoms with Crippen molar-refractivity contribution in [2.45, 2.75) is 25.9 Å². The topological polar surface area (TPSA) is 95.6 Å². The Hall–Kier alpha value is -2.83. The zero-order valence-corrected chi connectivity index (χ0v) is 12.2. The molecule has 1 aromatic carbocycles. The summed E-state index contributed by atoms with van der Waals surface area (Å²) in [5.74, 6) is -0.0751. The number of fused-ring (bicyclic) bond motifs is 1. The number of nitrogens with one attached hydrogen (secondary N) is 3. The molecular weight excluding hydrogens is 282 g/mol. The summed E-state index contributed by atoms with van der Waals surface area (Å²) >= 11 is 0. The van der Waals surface area contributed by atoms with Gasteiger partial charge >= 0.3 is 5.69 Å². The fourth-order valence-electron chi connectivity index (χ4n) is 2.45. The van der Waals surface area contributed by atoms with Crippen LogP contribution in [-0.2, 0) is 11.3 Å². The van der Waals surface area contributed by atoms with Crippen LogP contribution in [0.5, 0.6) is 0 Å². The van der Waals surface area contributed by atoms with Gasteiger partial charge in [0.2, 0.25) is 5.91 Å². The van der Waals surface area contributed by atoms with Crippen LogP contribution in [0, 0.1) is 0 Å². The van der Waals surface area contributed by atoms with Gasteiger partial charge in [-0.05, 0) is 30.2 Å². The number of H-pyrrole nitrogens is 2. The zero-order chi connectivity index (χ0) is 15.5. The Balaban J connectivity index is 1.70. The predicted octanol–water partition coefficient (Wildman–Crippen LogP) is 1.32. The van der Waals surface area contributed by atoms with Crippen LogP contribution in [0.2, 0.25) is 0 Å². The maximum atomic E-state index is 12.3. The van der Waals surface area contributed by atoms with E-state index in [4.69, 9.17) is 0 Å².